The van der Waals surface area contributed by atoms with Gasteiger partial charge < -0.3 is 10.1 Å². The van der Waals surface area contributed by atoms with Crippen molar-refractivity contribution in [2.24, 2.45) is 0 Å². The zero-order valence-electron chi connectivity index (χ0n) is 11.6. The number of aromatic nitrogens is 1. The van der Waals surface area contributed by atoms with Gasteiger partial charge in [-0.3, -0.25) is 4.98 Å². The molecule has 0 saturated carbocycles. The quantitative estimate of drug-likeness (QED) is 0.870. The zero-order chi connectivity index (χ0) is 13.5. The van der Waals surface area contributed by atoms with Crippen molar-refractivity contribution >= 4 is 11.6 Å². The fraction of sp³-hybridized carbons (Fsp3) is 0.667. The maximum absolute atomic E-state index is 6.19. The summed E-state index contributed by atoms with van der Waals surface area (Å²) in [5.74, 6) is 0. The van der Waals surface area contributed by atoms with Gasteiger partial charge in [0.1, 0.15) is 0 Å². The summed E-state index contributed by atoms with van der Waals surface area (Å²) in [7, 11) is 0. The fourth-order valence-electron chi connectivity index (χ4n) is 2.67. The Morgan fingerprint density at radius 2 is 2.42 bits per heavy atom. The summed E-state index contributed by atoms with van der Waals surface area (Å²) in [6.07, 6.45) is 9.61. The maximum atomic E-state index is 6.19. The molecule has 1 saturated heterocycles. The zero-order valence-corrected chi connectivity index (χ0v) is 12.3. The largest absolute Gasteiger partial charge is 0.378 e. The first kappa shape index (κ1) is 14.8. The molecule has 1 aromatic heterocycles. The molecule has 0 spiro atoms. The SMILES string of the molecule is CCNC(Cc1ccncc1Cl)CC1CCCCO1. The van der Waals surface area contributed by atoms with Crippen LogP contribution in [0.1, 0.15) is 38.2 Å². The summed E-state index contributed by atoms with van der Waals surface area (Å²) in [4.78, 5) is 4.04. The maximum Gasteiger partial charge on any atom is 0.0621 e. The Hall–Kier alpha value is -0.640. The first-order valence-corrected chi connectivity index (χ1v) is 7.60. The lowest BCUT2D eigenvalue weighted by Gasteiger charge is -2.27. The standard InChI is InChI=1S/C15H23ClN2O/c1-2-18-13(10-14-5-3-4-8-19-14)9-12-6-7-17-11-15(12)16/h6-7,11,13-14,18H,2-5,8-10H2,1H3. The minimum atomic E-state index is 0.401. The molecule has 0 aliphatic carbocycles. The van der Waals surface area contributed by atoms with Gasteiger partial charge in [-0.2, -0.15) is 0 Å². The predicted octanol–water partition coefficient (Wildman–Crippen LogP) is 3.21. The first-order valence-electron chi connectivity index (χ1n) is 7.23. The fourth-order valence-corrected chi connectivity index (χ4v) is 2.87. The Bertz CT molecular complexity index is 380. The highest BCUT2D eigenvalue weighted by molar-refractivity contribution is 6.31. The molecule has 1 aliphatic heterocycles. The smallest absolute Gasteiger partial charge is 0.0621 e. The van der Waals surface area contributed by atoms with Crippen LogP contribution >= 0.6 is 11.6 Å². The molecule has 1 aliphatic rings. The molecular formula is C15H23ClN2O. The van der Waals surface area contributed by atoms with Gasteiger partial charge in [0.05, 0.1) is 11.1 Å². The monoisotopic (exact) mass is 282 g/mol. The lowest BCUT2D eigenvalue weighted by molar-refractivity contribution is 0.00535. The van der Waals surface area contributed by atoms with E-state index in [1.165, 1.54) is 24.8 Å². The van der Waals surface area contributed by atoms with Crippen LogP contribution in [-0.2, 0) is 11.2 Å². The molecule has 2 rings (SSSR count). The number of hydrogen-bond donors (Lipinski definition) is 1. The van der Waals surface area contributed by atoms with Crippen molar-refractivity contribution in [3.05, 3.63) is 29.0 Å². The number of nitrogens with one attached hydrogen (secondary N) is 1. The summed E-state index contributed by atoms with van der Waals surface area (Å²) in [5.41, 5.74) is 1.17. The van der Waals surface area contributed by atoms with E-state index < -0.39 is 0 Å². The molecule has 106 valence electrons. The van der Waals surface area contributed by atoms with E-state index in [0.717, 1.165) is 31.0 Å². The molecule has 3 nitrogen and oxygen atoms in total. The van der Waals surface area contributed by atoms with E-state index in [-0.39, 0.29) is 0 Å². The number of pyridine rings is 1. The molecule has 19 heavy (non-hydrogen) atoms. The lowest BCUT2D eigenvalue weighted by atomic mass is 9.97. The average Bonchev–Trinajstić information content (AvgIpc) is 2.43. The van der Waals surface area contributed by atoms with E-state index >= 15 is 0 Å². The summed E-state index contributed by atoms with van der Waals surface area (Å²) in [6.45, 7) is 4.03. The van der Waals surface area contributed by atoms with Crippen LogP contribution in [-0.4, -0.2) is 30.3 Å². The van der Waals surface area contributed by atoms with E-state index in [2.05, 4.69) is 17.2 Å². The minimum absolute atomic E-state index is 0.401. The van der Waals surface area contributed by atoms with Gasteiger partial charge in [-0.1, -0.05) is 18.5 Å². The lowest BCUT2D eigenvalue weighted by Crippen LogP contribution is -2.36. The molecule has 0 aromatic carbocycles. The van der Waals surface area contributed by atoms with Gasteiger partial charge in [0.2, 0.25) is 0 Å². The number of likely N-dealkylation sites (N-methyl/N-ethyl adjacent to an activating group) is 1. The molecule has 0 bridgehead atoms. The van der Waals surface area contributed by atoms with Gasteiger partial charge in [-0.15, -0.1) is 0 Å². The Kier molecular flexibility index (Phi) is 6.08. The molecule has 1 aromatic rings. The highest BCUT2D eigenvalue weighted by atomic mass is 35.5. The van der Waals surface area contributed by atoms with Crippen molar-refractivity contribution in [1.82, 2.24) is 10.3 Å². The number of halogens is 1. The molecule has 2 heterocycles. The normalized spacial score (nSPS) is 21.3. The predicted molar refractivity (Wildman–Crippen MR) is 78.6 cm³/mol. The number of nitrogens with zero attached hydrogens (tertiary/aromatic N) is 1. The molecule has 2 atom stereocenters. The van der Waals surface area contributed by atoms with Crippen LogP contribution < -0.4 is 5.32 Å². The summed E-state index contributed by atoms with van der Waals surface area (Å²) in [5, 5.41) is 4.31. The second-order valence-corrected chi connectivity index (χ2v) is 5.56. The van der Waals surface area contributed by atoms with Crippen molar-refractivity contribution in [3.63, 3.8) is 0 Å². The Morgan fingerprint density at radius 1 is 1.53 bits per heavy atom. The Balaban J connectivity index is 1.93. The Morgan fingerprint density at radius 3 is 3.11 bits per heavy atom. The van der Waals surface area contributed by atoms with Crippen LogP contribution in [0.3, 0.4) is 0 Å². The molecular weight excluding hydrogens is 260 g/mol. The number of rotatable bonds is 6. The Labute approximate surface area is 120 Å². The van der Waals surface area contributed by atoms with Gasteiger partial charge in [0.15, 0.2) is 0 Å². The summed E-state index contributed by atoms with van der Waals surface area (Å²) in [6, 6.07) is 2.43. The van der Waals surface area contributed by atoms with Crippen LogP contribution in [0.25, 0.3) is 0 Å². The van der Waals surface area contributed by atoms with Crippen molar-refractivity contribution in [2.45, 2.75) is 51.2 Å². The average molecular weight is 283 g/mol. The van der Waals surface area contributed by atoms with Crippen molar-refractivity contribution < 1.29 is 4.74 Å². The van der Waals surface area contributed by atoms with Crippen molar-refractivity contribution in [3.8, 4) is 0 Å². The van der Waals surface area contributed by atoms with Gasteiger partial charge in [0.25, 0.3) is 0 Å². The van der Waals surface area contributed by atoms with Crippen LogP contribution in [0.2, 0.25) is 5.02 Å². The van der Waals surface area contributed by atoms with Gasteiger partial charge in [-0.25, -0.2) is 0 Å². The van der Waals surface area contributed by atoms with E-state index in [4.69, 9.17) is 16.3 Å². The number of ether oxygens (including phenoxy) is 1. The van der Waals surface area contributed by atoms with Gasteiger partial charge in [0, 0.05) is 25.0 Å². The van der Waals surface area contributed by atoms with Crippen molar-refractivity contribution in [2.75, 3.05) is 13.2 Å². The van der Waals surface area contributed by atoms with Crippen LogP contribution in [0.5, 0.6) is 0 Å². The van der Waals surface area contributed by atoms with E-state index in [0.29, 0.717) is 12.1 Å². The summed E-state index contributed by atoms with van der Waals surface area (Å²) < 4.78 is 5.84. The minimum Gasteiger partial charge on any atom is -0.378 e. The number of hydrogen-bond acceptors (Lipinski definition) is 3. The van der Waals surface area contributed by atoms with Crippen molar-refractivity contribution in [1.29, 1.82) is 0 Å². The van der Waals surface area contributed by atoms with Gasteiger partial charge >= 0.3 is 0 Å². The topological polar surface area (TPSA) is 34.2 Å². The third-order valence-electron chi connectivity index (χ3n) is 3.64. The highest BCUT2D eigenvalue weighted by Crippen LogP contribution is 2.21. The highest BCUT2D eigenvalue weighted by Gasteiger charge is 2.20. The van der Waals surface area contributed by atoms with Crippen LogP contribution in [0.4, 0.5) is 0 Å². The molecule has 2 unspecified atom stereocenters. The molecule has 4 heteroatoms. The van der Waals surface area contributed by atoms with E-state index in [9.17, 15) is 0 Å². The van der Waals surface area contributed by atoms with Crippen LogP contribution in [0.15, 0.2) is 18.5 Å². The third kappa shape index (κ3) is 4.75. The van der Waals surface area contributed by atoms with E-state index in [1.807, 2.05) is 6.07 Å². The molecule has 0 radical (unpaired) electrons. The molecule has 1 N–H and O–H groups in total. The second kappa shape index (κ2) is 7.83. The molecule has 0 amide bonds. The van der Waals surface area contributed by atoms with Crippen LogP contribution in [0, 0.1) is 0 Å². The first-order chi connectivity index (χ1) is 9.29. The molecule has 1 fully saturated rings. The summed E-state index contributed by atoms with van der Waals surface area (Å²) >= 11 is 6.19. The third-order valence-corrected chi connectivity index (χ3v) is 3.98. The second-order valence-electron chi connectivity index (χ2n) is 5.15. The van der Waals surface area contributed by atoms with E-state index in [1.54, 1.807) is 12.4 Å². The van der Waals surface area contributed by atoms with Gasteiger partial charge in [-0.05, 0) is 50.3 Å².